The highest BCUT2D eigenvalue weighted by molar-refractivity contribution is 7.89. The second-order valence-electron chi connectivity index (χ2n) is 6.53. The quantitative estimate of drug-likeness (QED) is 0.512. The lowest BCUT2D eigenvalue weighted by atomic mass is 10.2. The van der Waals surface area contributed by atoms with Gasteiger partial charge in [-0.15, -0.1) is 4.89 Å². The summed E-state index contributed by atoms with van der Waals surface area (Å²) >= 11 is 0. The number of carbonyl (C=O) groups is 1. The zero-order valence-corrected chi connectivity index (χ0v) is 15.2. The Morgan fingerprint density at radius 2 is 1.62 bits per heavy atom. The molecule has 21 heavy (non-hydrogen) atoms. The van der Waals surface area contributed by atoms with E-state index in [1.54, 1.807) is 0 Å². The number of hydrogen-bond acceptors (Lipinski definition) is 4. The first-order chi connectivity index (χ1) is 9.37. The van der Waals surface area contributed by atoms with E-state index in [-0.39, 0.29) is 15.7 Å². The number of benzene rings is 1. The van der Waals surface area contributed by atoms with E-state index in [2.05, 4.69) is 4.89 Å². The smallest absolute Gasteiger partial charge is 0.261 e. The molecule has 0 heterocycles. The van der Waals surface area contributed by atoms with Crippen molar-refractivity contribution in [3.63, 3.8) is 0 Å². The summed E-state index contributed by atoms with van der Waals surface area (Å²) in [6.45, 7) is 11.4. The molecule has 0 unspecified atom stereocenters. The molecule has 1 aromatic rings. The Balaban J connectivity index is 2.90. The van der Waals surface area contributed by atoms with Gasteiger partial charge in [-0.3, -0.25) is 4.79 Å². The first-order valence-corrected chi connectivity index (χ1v) is 11.1. The predicted molar refractivity (Wildman–Crippen MR) is 85.1 cm³/mol. The van der Waals surface area contributed by atoms with Crippen LogP contribution in [0.4, 0.5) is 0 Å². The monoisotopic (exact) mass is 329 g/mol. The van der Waals surface area contributed by atoms with E-state index < -0.39 is 18.3 Å². The number of hydrogen-bond donors (Lipinski definition) is 1. The van der Waals surface area contributed by atoms with Crippen LogP contribution in [0.1, 0.15) is 38.1 Å². The van der Waals surface area contributed by atoms with Crippen LogP contribution in [0.5, 0.6) is 0 Å². The fourth-order valence-corrected chi connectivity index (χ4v) is 3.40. The van der Waals surface area contributed by atoms with Crippen LogP contribution < -0.4 is 4.89 Å². The summed E-state index contributed by atoms with van der Waals surface area (Å²) < 4.78 is 29.9. The molecule has 0 aliphatic heterocycles. The van der Waals surface area contributed by atoms with Crippen LogP contribution in [0.2, 0.25) is 18.1 Å². The maximum absolute atomic E-state index is 12.2. The van der Waals surface area contributed by atoms with Crippen molar-refractivity contribution in [3.05, 3.63) is 29.8 Å². The van der Waals surface area contributed by atoms with Crippen LogP contribution in [0.25, 0.3) is 0 Å². The first kappa shape index (κ1) is 18.0. The van der Waals surface area contributed by atoms with Gasteiger partial charge < -0.3 is 4.53 Å². The molecule has 0 aliphatic carbocycles. The number of rotatable bonds is 5. The van der Waals surface area contributed by atoms with Crippen molar-refractivity contribution in [3.8, 4) is 0 Å². The molecule has 0 atom stereocenters. The molecule has 1 aromatic carbocycles. The van der Waals surface area contributed by atoms with Crippen LogP contribution >= 0.6 is 0 Å². The molecule has 0 aliphatic rings. The first-order valence-electron chi connectivity index (χ1n) is 6.68. The second kappa shape index (κ2) is 6.00. The number of carbonyl (C=O) groups excluding carboxylic acids is 1. The van der Waals surface area contributed by atoms with Gasteiger partial charge in [-0.2, -0.15) is 0 Å². The van der Waals surface area contributed by atoms with Crippen molar-refractivity contribution in [2.24, 2.45) is 0 Å². The van der Waals surface area contributed by atoms with E-state index in [1.807, 2.05) is 33.9 Å². The molecule has 118 valence electrons. The highest BCUT2D eigenvalue weighted by Crippen LogP contribution is 2.36. The molecule has 0 bridgehead atoms. The minimum absolute atomic E-state index is 0.0752. The fraction of sp³-hybridized carbons (Fsp3) is 0.500. The largest absolute Gasteiger partial charge is 0.331 e. The van der Waals surface area contributed by atoms with Crippen LogP contribution in [-0.4, -0.2) is 22.5 Å². The van der Waals surface area contributed by atoms with Gasteiger partial charge in [-0.25, -0.2) is 8.42 Å². The standard InChI is InChI=1S/C14H23NO4SSi/c1-11(16)12-7-9-13(10-8-12)20(17,18)15-19-21(5,6)14(2,3)4/h7-10,15H,1-6H3. The third-order valence-corrected chi connectivity index (χ3v) is 9.35. The van der Waals surface area contributed by atoms with Gasteiger partial charge in [0.25, 0.3) is 10.0 Å². The second-order valence-corrected chi connectivity index (χ2v) is 12.9. The molecule has 0 fully saturated rings. The third-order valence-electron chi connectivity index (χ3n) is 3.78. The van der Waals surface area contributed by atoms with Crippen molar-refractivity contribution >= 4 is 24.1 Å². The van der Waals surface area contributed by atoms with Crippen molar-refractivity contribution < 1.29 is 17.7 Å². The molecule has 7 heteroatoms. The Morgan fingerprint density at radius 1 is 1.14 bits per heavy atom. The molecule has 1 N–H and O–H groups in total. The zero-order chi connectivity index (χ0) is 16.5. The minimum atomic E-state index is -3.75. The summed E-state index contributed by atoms with van der Waals surface area (Å²) in [6, 6.07) is 5.77. The Bertz CT molecular complexity index is 615. The number of Topliss-reactive ketones (excluding diaryl/α,β-unsaturated/α-hetero) is 1. The molecule has 0 saturated heterocycles. The van der Waals surface area contributed by atoms with E-state index in [1.165, 1.54) is 31.2 Å². The van der Waals surface area contributed by atoms with Gasteiger partial charge in [0.1, 0.15) is 0 Å². The number of sulfonamides is 1. The molecule has 1 rings (SSSR count). The van der Waals surface area contributed by atoms with Gasteiger partial charge in [0, 0.05) is 5.56 Å². The van der Waals surface area contributed by atoms with Gasteiger partial charge in [-0.1, -0.05) is 32.9 Å². The summed E-state index contributed by atoms with van der Waals surface area (Å²) in [7, 11) is -5.97. The molecule has 0 radical (unpaired) electrons. The van der Waals surface area contributed by atoms with E-state index in [0.29, 0.717) is 5.56 Å². The van der Waals surface area contributed by atoms with E-state index in [4.69, 9.17) is 4.53 Å². The summed E-state index contributed by atoms with van der Waals surface area (Å²) in [4.78, 5) is 13.5. The lowest BCUT2D eigenvalue weighted by Gasteiger charge is -2.35. The molecular weight excluding hydrogens is 306 g/mol. The molecule has 0 aromatic heterocycles. The summed E-state index contributed by atoms with van der Waals surface area (Å²) in [5, 5.41) is -0.103. The van der Waals surface area contributed by atoms with Gasteiger partial charge in [0.2, 0.25) is 8.32 Å². The van der Waals surface area contributed by atoms with Crippen LogP contribution in [0.3, 0.4) is 0 Å². The van der Waals surface area contributed by atoms with E-state index >= 15 is 0 Å². The van der Waals surface area contributed by atoms with E-state index in [0.717, 1.165) is 0 Å². The van der Waals surface area contributed by atoms with Crippen molar-refractivity contribution in [2.75, 3.05) is 0 Å². The highest BCUT2D eigenvalue weighted by Gasteiger charge is 2.39. The van der Waals surface area contributed by atoms with Crippen molar-refractivity contribution in [2.45, 2.75) is 50.7 Å². The van der Waals surface area contributed by atoms with Crippen molar-refractivity contribution in [1.29, 1.82) is 0 Å². The Morgan fingerprint density at radius 3 is 2.00 bits per heavy atom. The minimum Gasteiger partial charge on any atom is -0.331 e. The number of nitrogens with one attached hydrogen (secondary N) is 1. The summed E-state index contributed by atoms with van der Waals surface area (Å²) in [5.41, 5.74) is 0.472. The van der Waals surface area contributed by atoms with Crippen LogP contribution in [0, 0.1) is 0 Å². The Labute approximate surface area is 127 Å². The van der Waals surface area contributed by atoms with Crippen molar-refractivity contribution in [1.82, 2.24) is 4.89 Å². The van der Waals surface area contributed by atoms with Gasteiger partial charge in [0.05, 0.1) is 4.90 Å². The average Bonchev–Trinajstić information content (AvgIpc) is 2.35. The molecule has 5 nitrogen and oxygen atoms in total. The molecule has 0 spiro atoms. The summed E-state index contributed by atoms with van der Waals surface area (Å²) in [6.07, 6.45) is 0. The molecule has 0 amide bonds. The average molecular weight is 329 g/mol. The molecule has 0 saturated carbocycles. The van der Waals surface area contributed by atoms with Gasteiger partial charge in [0.15, 0.2) is 5.78 Å². The lowest BCUT2D eigenvalue weighted by Crippen LogP contribution is -2.46. The normalized spacial score (nSPS) is 13.2. The SMILES string of the molecule is CC(=O)c1ccc(S(=O)(=O)NO[Si](C)(C)C(C)(C)C)cc1. The Hall–Kier alpha value is -1.02. The topological polar surface area (TPSA) is 72.5 Å². The Kier molecular flexibility index (Phi) is 5.15. The van der Waals surface area contributed by atoms with Gasteiger partial charge >= 0.3 is 0 Å². The van der Waals surface area contributed by atoms with Crippen LogP contribution in [-0.2, 0) is 14.6 Å². The number of ketones is 1. The molecular formula is C14H23NO4SSi. The zero-order valence-electron chi connectivity index (χ0n) is 13.4. The van der Waals surface area contributed by atoms with E-state index in [9.17, 15) is 13.2 Å². The maximum Gasteiger partial charge on any atom is 0.261 e. The summed E-state index contributed by atoms with van der Waals surface area (Å²) in [5.74, 6) is -0.107. The fourth-order valence-electron chi connectivity index (χ4n) is 1.23. The van der Waals surface area contributed by atoms with Gasteiger partial charge in [-0.05, 0) is 37.2 Å². The van der Waals surface area contributed by atoms with Crippen LogP contribution in [0.15, 0.2) is 29.2 Å². The lowest BCUT2D eigenvalue weighted by molar-refractivity contribution is 0.101. The third kappa shape index (κ3) is 4.47. The predicted octanol–water partition coefficient (Wildman–Crippen LogP) is 3.10. The maximum atomic E-state index is 12.2. The highest BCUT2D eigenvalue weighted by atomic mass is 32.2.